The van der Waals surface area contributed by atoms with Gasteiger partial charge in [0.2, 0.25) is 0 Å². The minimum absolute atomic E-state index is 0.0408. The molecule has 2 aliphatic heterocycles. The Kier molecular flexibility index (Phi) is 3.38. The van der Waals surface area contributed by atoms with Gasteiger partial charge in [0.25, 0.3) is 0 Å². The molecule has 0 bridgehead atoms. The van der Waals surface area contributed by atoms with Gasteiger partial charge in [-0.25, -0.2) is 0 Å². The van der Waals surface area contributed by atoms with E-state index in [0.29, 0.717) is 25.7 Å². The average Bonchev–Trinajstić information content (AvgIpc) is 2.74. The number of aliphatic carboxylic acids is 1. The molecule has 2 heterocycles. The fourth-order valence-electron chi connectivity index (χ4n) is 2.76. The van der Waals surface area contributed by atoms with Gasteiger partial charge in [-0.2, -0.15) is 0 Å². The molecule has 0 aromatic rings. The SMILES string of the molecule is O=NN1CC(C(=O)O)C(C2CCOCC2)C1. The molecule has 6 heteroatoms. The van der Waals surface area contributed by atoms with Crippen LogP contribution >= 0.6 is 0 Å². The van der Waals surface area contributed by atoms with Crippen molar-refractivity contribution in [3.8, 4) is 0 Å². The maximum Gasteiger partial charge on any atom is 0.308 e. The lowest BCUT2D eigenvalue weighted by molar-refractivity contribution is -0.143. The second-order valence-corrected chi connectivity index (χ2v) is 4.51. The Balaban J connectivity index is 2.04. The fourth-order valence-corrected chi connectivity index (χ4v) is 2.76. The molecular weight excluding hydrogens is 212 g/mol. The van der Waals surface area contributed by atoms with Gasteiger partial charge in [0.05, 0.1) is 17.7 Å². The molecule has 2 atom stereocenters. The van der Waals surface area contributed by atoms with Crippen LogP contribution in [0.1, 0.15) is 12.8 Å². The van der Waals surface area contributed by atoms with Gasteiger partial charge < -0.3 is 9.84 Å². The molecule has 0 aromatic carbocycles. The van der Waals surface area contributed by atoms with E-state index in [1.54, 1.807) is 0 Å². The number of nitroso groups, excluding NO2 is 1. The van der Waals surface area contributed by atoms with Gasteiger partial charge in [-0.3, -0.25) is 9.80 Å². The van der Waals surface area contributed by atoms with Crippen molar-refractivity contribution < 1.29 is 14.6 Å². The van der Waals surface area contributed by atoms with Crippen molar-refractivity contribution in [2.24, 2.45) is 23.0 Å². The molecule has 90 valence electrons. The van der Waals surface area contributed by atoms with Gasteiger partial charge >= 0.3 is 5.97 Å². The van der Waals surface area contributed by atoms with Crippen LogP contribution in [-0.4, -0.2) is 42.4 Å². The minimum Gasteiger partial charge on any atom is -0.481 e. The van der Waals surface area contributed by atoms with Crippen LogP contribution in [0.15, 0.2) is 5.29 Å². The van der Waals surface area contributed by atoms with Crippen molar-refractivity contribution in [1.82, 2.24) is 5.01 Å². The molecule has 2 saturated heterocycles. The molecule has 6 nitrogen and oxygen atoms in total. The number of nitrogens with zero attached hydrogens (tertiary/aromatic N) is 2. The van der Waals surface area contributed by atoms with Gasteiger partial charge in [-0.15, -0.1) is 4.91 Å². The van der Waals surface area contributed by atoms with E-state index in [0.717, 1.165) is 12.8 Å². The highest BCUT2D eigenvalue weighted by molar-refractivity contribution is 5.71. The number of rotatable bonds is 3. The van der Waals surface area contributed by atoms with Crippen molar-refractivity contribution in [3.63, 3.8) is 0 Å². The Bertz CT molecular complexity index is 278. The smallest absolute Gasteiger partial charge is 0.308 e. The largest absolute Gasteiger partial charge is 0.481 e. The lowest BCUT2D eigenvalue weighted by atomic mass is 9.80. The van der Waals surface area contributed by atoms with E-state index < -0.39 is 11.9 Å². The van der Waals surface area contributed by atoms with Gasteiger partial charge in [-0.05, 0) is 24.7 Å². The first-order chi connectivity index (χ1) is 7.72. The number of carbonyl (C=O) groups is 1. The Hall–Kier alpha value is -1.17. The summed E-state index contributed by atoms with van der Waals surface area (Å²) in [5.74, 6) is -0.885. The topological polar surface area (TPSA) is 79.2 Å². The van der Waals surface area contributed by atoms with E-state index in [2.05, 4.69) is 5.29 Å². The summed E-state index contributed by atoms with van der Waals surface area (Å²) in [6, 6.07) is 0. The van der Waals surface area contributed by atoms with E-state index in [1.807, 2.05) is 0 Å². The van der Waals surface area contributed by atoms with Gasteiger partial charge in [0, 0.05) is 19.8 Å². The van der Waals surface area contributed by atoms with Crippen LogP contribution in [0.3, 0.4) is 0 Å². The summed E-state index contributed by atoms with van der Waals surface area (Å²) in [6.45, 7) is 2.12. The third-order valence-electron chi connectivity index (χ3n) is 3.65. The van der Waals surface area contributed by atoms with E-state index in [4.69, 9.17) is 9.84 Å². The molecule has 1 N–H and O–H groups in total. The van der Waals surface area contributed by atoms with Crippen molar-refractivity contribution >= 4 is 5.97 Å². The minimum atomic E-state index is -0.817. The van der Waals surface area contributed by atoms with Crippen molar-refractivity contribution in [2.75, 3.05) is 26.3 Å². The maximum absolute atomic E-state index is 11.1. The van der Waals surface area contributed by atoms with Crippen LogP contribution in [0.4, 0.5) is 0 Å². The summed E-state index contributed by atoms with van der Waals surface area (Å²) in [6.07, 6.45) is 1.78. The standard InChI is InChI=1S/C10H16N2O4/c13-10(14)9-6-12(11-15)5-8(9)7-1-3-16-4-2-7/h7-9H,1-6H2,(H,13,14). The molecule has 2 rings (SSSR count). The van der Waals surface area contributed by atoms with Crippen LogP contribution in [0, 0.1) is 22.7 Å². The molecule has 0 aromatic heterocycles. The van der Waals surface area contributed by atoms with Crippen molar-refractivity contribution in [1.29, 1.82) is 0 Å². The van der Waals surface area contributed by atoms with Gasteiger partial charge in [0.1, 0.15) is 0 Å². The second kappa shape index (κ2) is 4.78. The predicted octanol–water partition coefficient (Wildman–Crippen LogP) is 0.727. The zero-order valence-corrected chi connectivity index (χ0v) is 9.04. The first-order valence-electron chi connectivity index (χ1n) is 5.61. The second-order valence-electron chi connectivity index (χ2n) is 4.51. The number of carboxylic acids is 1. The van der Waals surface area contributed by atoms with Crippen LogP contribution in [0.5, 0.6) is 0 Å². The molecule has 2 aliphatic rings. The zero-order valence-electron chi connectivity index (χ0n) is 9.04. The van der Waals surface area contributed by atoms with Gasteiger partial charge in [0.15, 0.2) is 0 Å². The molecule has 2 unspecified atom stereocenters. The number of hydrogen-bond donors (Lipinski definition) is 1. The quantitative estimate of drug-likeness (QED) is 0.720. The Morgan fingerprint density at radius 3 is 2.56 bits per heavy atom. The summed E-state index contributed by atoms with van der Waals surface area (Å²) in [5, 5.41) is 13.3. The Labute approximate surface area is 93.5 Å². The van der Waals surface area contributed by atoms with Crippen molar-refractivity contribution in [2.45, 2.75) is 12.8 Å². The van der Waals surface area contributed by atoms with Crippen LogP contribution in [-0.2, 0) is 9.53 Å². The van der Waals surface area contributed by atoms with Crippen LogP contribution in [0.25, 0.3) is 0 Å². The number of carboxylic acid groups (broad SMARTS) is 1. The highest BCUT2D eigenvalue weighted by atomic mass is 16.5. The molecule has 16 heavy (non-hydrogen) atoms. The molecule has 0 amide bonds. The van der Waals surface area contributed by atoms with E-state index >= 15 is 0 Å². The molecule has 0 spiro atoms. The molecular formula is C10H16N2O4. The maximum atomic E-state index is 11.1. The van der Waals surface area contributed by atoms with E-state index in [9.17, 15) is 9.70 Å². The lowest BCUT2D eigenvalue weighted by Gasteiger charge is -2.29. The monoisotopic (exact) mass is 228 g/mol. The number of ether oxygens (including phenoxy) is 1. The Morgan fingerprint density at radius 2 is 2.00 bits per heavy atom. The highest BCUT2D eigenvalue weighted by Crippen LogP contribution is 2.35. The first kappa shape index (κ1) is 11.3. The predicted molar refractivity (Wildman–Crippen MR) is 55.5 cm³/mol. The first-order valence-corrected chi connectivity index (χ1v) is 5.61. The zero-order chi connectivity index (χ0) is 11.5. The van der Waals surface area contributed by atoms with E-state index in [-0.39, 0.29) is 12.5 Å². The van der Waals surface area contributed by atoms with Crippen molar-refractivity contribution in [3.05, 3.63) is 4.91 Å². The highest BCUT2D eigenvalue weighted by Gasteiger charge is 2.42. The summed E-state index contributed by atoms with van der Waals surface area (Å²) in [5.41, 5.74) is 0. The molecule has 0 radical (unpaired) electrons. The third-order valence-corrected chi connectivity index (χ3v) is 3.65. The lowest BCUT2D eigenvalue weighted by Crippen LogP contribution is -2.31. The normalized spacial score (nSPS) is 31.6. The summed E-state index contributed by atoms with van der Waals surface area (Å²) in [7, 11) is 0. The number of hydrogen-bond acceptors (Lipinski definition) is 4. The van der Waals surface area contributed by atoms with Crippen LogP contribution < -0.4 is 0 Å². The molecule has 2 fully saturated rings. The van der Waals surface area contributed by atoms with Gasteiger partial charge in [-0.1, -0.05) is 0 Å². The summed E-state index contributed by atoms with van der Waals surface area (Å²) in [4.78, 5) is 21.6. The fraction of sp³-hybridized carbons (Fsp3) is 0.900. The average molecular weight is 228 g/mol. The Morgan fingerprint density at radius 1 is 1.31 bits per heavy atom. The molecule has 0 saturated carbocycles. The molecule has 0 aliphatic carbocycles. The summed E-state index contributed by atoms with van der Waals surface area (Å²) < 4.78 is 5.26. The van der Waals surface area contributed by atoms with Crippen LogP contribution in [0.2, 0.25) is 0 Å². The van der Waals surface area contributed by atoms with E-state index in [1.165, 1.54) is 5.01 Å². The summed E-state index contributed by atoms with van der Waals surface area (Å²) >= 11 is 0. The third kappa shape index (κ3) is 2.16.